The Morgan fingerprint density at radius 2 is 2.41 bits per heavy atom. The summed E-state index contributed by atoms with van der Waals surface area (Å²) < 4.78 is 0. The molecular formula is C11H13N5O. The molecule has 0 saturated carbocycles. The Labute approximate surface area is 98.3 Å². The smallest absolute Gasteiger partial charge is 0.272 e. The zero-order valence-electron chi connectivity index (χ0n) is 9.40. The molecule has 88 valence electrons. The molecule has 0 aliphatic rings. The van der Waals surface area contributed by atoms with Gasteiger partial charge in [-0.2, -0.15) is 5.10 Å². The van der Waals surface area contributed by atoms with Crippen LogP contribution in [0.5, 0.6) is 0 Å². The molecule has 2 aromatic rings. The van der Waals surface area contributed by atoms with Crippen molar-refractivity contribution in [3.63, 3.8) is 0 Å². The fraction of sp³-hybridized carbons (Fsp3) is 0.182. The Morgan fingerprint density at radius 1 is 1.59 bits per heavy atom. The first-order valence-corrected chi connectivity index (χ1v) is 5.16. The maximum atomic E-state index is 11.8. The molecular weight excluding hydrogens is 218 g/mol. The second kappa shape index (κ2) is 4.65. The third kappa shape index (κ3) is 2.41. The number of aromatic nitrogens is 3. The summed E-state index contributed by atoms with van der Waals surface area (Å²) in [5, 5.41) is 9.42. The van der Waals surface area contributed by atoms with Crippen LogP contribution < -0.4 is 11.1 Å². The molecule has 0 aliphatic carbocycles. The number of carbonyl (C=O) groups is 1. The topological polar surface area (TPSA) is 96.7 Å². The molecule has 4 N–H and O–H groups in total. The molecule has 17 heavy (non-hydrogen) atoms. The highest BCUT2D eigenvalue weighted by molar-refractivity contribution is 5.96. The fourth-order valence-electron chi connectivity index (χ4n) is 1.42. The SMILES string of the molecule is Cc1[nH]ncc1CNC(=O)c1ncccc1N. The van der Waals surface area contributed by atoms with E-state index in [1.807, 2.05) is 6.92 Å². The molecule has 2 rings (SSSR count). The van der Waals surface area contributed by atoms with E-state index >= 15 is 0 Å². The van der Waals surface area contributed by atoms with Gasteiger partial charge in [0.15, 0.2) is 5.69 Å². The first kappa shape index (κ1) is 11.1. The van der Waals surface area contributed by atoms with E-state index in [1.54, 1.807) is 18.3 Å². The standard InChI is InChI=1S/C11H13N5O/c1-7-8(6-15-16-7)5-14-11(17)10-9(12)3-2-4-13-10/h2-4,6H,5,12H2,1H3,(H,14,17)(H,15,16). The van der Waals surface area contributed by atoms with Gasteiger partial charge in [-0.25, -0.2) is 4.98 Å². The van der Waals surface area contributed by atoms with Gasteiger partial charge in [0, 0.05) is 24.0 Å². The highest BCUT2D eigenvalue weighted by Gasteiger charge is 2.10. The number of carbonyl (C=O) groups excluding carboxylic acids is 1. The van der Waals surface area contributed by atoms with E-state index in [2.05, 4.69) is 20.5 Å². The number of nitrogens with zero attached hydrogens (tertiary/aromatic N) is 2. The summed E-state index contributed by atoms with van der Waals surface area (Å²) >= 11 is 0. The van der Waals surface area contributed by atoms with Crippen LogP contribution in [0.15, 0.2) is 24.5 Å². The highest BCUT2D eigenvalue weighted by atomic mass is 16.1. The quantitative estimate of drug-likeness (QED) is 0.721. The number of nitrogens with two attached hydrogens (primary N) is 1. The molecule has 0 fully saturated rings. The predicted molar refractivity (Wildman–Crippen MR) is 63.1 cm³/mol. The Bertz CT molecular complexity index is 534. The number of nitrogens with one attached hydrogen (secondary N) is 2. The van der Waals surface area contributed by atoms with Gasteiger partial charge in [0.05, 0.1) is 11.9 Å². The van der Waals surface area contributed by atoms with Crippen molar-refractivity contribution in [2.45, 2.75) is 13.5 Å². The first-order chi connectivity index (χ1) is 8.18. The summed E-state index contributed by atoms with van der Waals surface area (Å²) in [7, 11) is 0. The van der Waals surface area contributed by atoms with Gasteiger partial charge in [-0.1, -0.05) is 0 Å². The van der Waals surface area contributed by atoms with Gasteiger partial charge in [-0.05, 0) is 19.1 Å². The van der Waals surface area contributed by atoms with Crippen LogP contribution in [0.2, 0.25) is 0 Å². The van der Waals surface area contributed by atoms with Gasteiger partial charge >= 0.3 is 0 Å². The van der Waals surface area contributed by atoms with E-state index in [4.69, 9.17) is 5.73 Å². The maximum Gasteiger partial charge on any atom is 0.272 e. The number of hydrogen-bond acceptors (Lipinski definition) is 4. The van der Waals surface area contributed by atoms with E-state index in [9.17, 15) is 4.79 Å². The lowest BCUT2D eigenvalue weighted by Crippen LogP contribution is -2.24. The van der Waals surface area contributed by atoms with E-state index in [0.717, 1.165) is 11.3 Å². The average Bonchev–Trinajstić information content (AvgIpc) is 2.72. The lowest BCUT2D eigenvalue weighted by atomic mass is 10.2. The number of aromatic amines is 1. The fourth-order valence-corrected chi connectivity index (χ4v) is 1.42. The molecule has 0 aliphatic heterocycles. The van der Waals surface area contributed by atoms with E-state index in [1.165, 1.54) is 6.20 Å². The van der Waals surface area contributed by atoms with Crippen molar-refractivity contribution in [3.05, 3.63) is 41.5 Å². The number of H-pyrrole nitrogens is 1. The molecule has 0 spiro atoms. The van der Waals surface area contributed by atoms with Crippen LogP contribution >= 0.6 is 0 Å². The third-order valence-corrected chi connectivity index (χ3v) is 2.43. The Kier molecular flexibility index (Phi) is 3.04. The van der Waals surface area contributed by atoms with Crippen LogP contribution in [0.25, 0.3) is 0 Å². The summed E-state index contributed by atoms with van der Waals surface area (Å²) in [6, 6.07) is 3.33. The highest BCUT2D eigenvalue weighted by Crippen LogP contribution is 2.07. The number of nitrogen functional groups attached to an aromatic ring is 1. The van der Waals surface area contributed by atoms with Crippen molar-refractivity contribution in [2.75, 3.05) is 5.73 Å². The summed E-state index contributed by atoms with van der Waals surface area (Å²) in [5.74, 6) is -0.288. The number of amides is 1. The number of anilines is 1. The van der Waals surface area contributed by atoms with E-state index < -0.39 is 0 Å². The Morgan fingerprint density at radius 3 is 3.06 bits per heavy atom. The molecule has 1 amide bonds. The van der Waals surface area contributed by atoms with Crippen molar-refractivity contribution < 1.29 is 4.79 Å². The molecule has 2 heterocycles. The van der Waals surface area contributed by atoms with Gasteiger partial charge < -0.3 is 11.1 Å². The van der Waals surface area contributed by atoms with Gasteiger partial charge in [0.2, 0.25) is 0 Å². The van der Waals surface area contributed by atoms with Gasteiger partial charge in [0.1, 0.15) is 0 Å². The number of hydrogen-bond donors (Lipinski definition) is 3. The van der Waals surface area contributed by atoms with Gasteiger partial charge in [-0.15, -0.1) is 0 Å². The zero-order chi connectivity index (χ0) is 12.3. The van der Waals surface area contributed by atoms with E-state index in [-0.39, 0.29) is 11.6 Å². The lowest BCUT2D eigenvalue weighted by Gasteiger charge is -2.05. The van der Waals surface area contributed by atoms with Crippen LogP contribution in [0, 0.1) is 6.92 Å². The lowest BCUT2D eigenvalue weighted by molar-refractivity contribution is 0.0947. The molecule has 0 atom stereocenters. The third-order valence-electron chi connectivity index (χ3n) is 2.43. The molecule has 2 aromatic heterocycles. The normalized spacial score (nSPS) is 10.2. The van der Waals surface area contributed by atoms with Crippen LogP contribution in [0.1, 0.15) is 21.7 Å². The second-order valence-electron chi connectivity index (χ2n) is 3.64. The molecule has 0 unspecified atom stereocenters. The summed E-state index contributed by atoms with van der Waals surface area (Å²) in [6.45, 7) is 2.29. The minimum Gasteiger partial charge on any atom is -0.397 e. The summed E-state index contributed by atoms with van der Waals surface area (Å²) in [4.78, 5) is 15.7. The molecule has 6 heteroatoms. The van der Waals surface area contributed by atoms with Gasteiger partial charge in [-0.3, -0.25) is 9.89 Å². The van der Waals surface area contributed by atoms with Crippen molar-refractivity contribution in [3.8, 4) is 0 Å². The number of aryl methyl sites for hydroxylation is 1. The van der Waals surface area contributed by atoms with Crippen LogP contribution in [0.3, 0.4) is 0 Å². The van der Waals surface area contributed by atoms with Crippen LogP contribution in [-0.2, 0) is 6.54 Å². The summed E-state index contributed by atoms with van der Waals surface area (Å²) in [6.07, 6.45) is 3.21. The van der Waals surface area contributed by atoms with Crippen LogP contribution in [0.4, 0.5) is 5.69 Å². The van der Waals surface area contributed by atoms with Crippen molar-refractivity contribution in [1.29, 1.82) is 0 Å². The first-order valence-electron chi connectivity index (χ1n) is 5.16. The monoisotopic (exact) mass is 231 g/mol. The Hall–Kier alpha value is -2.37. The van der Waals surface area contributed by atoms with Crippen molar-refractivity contribution in [1.82, 2.24) is 20.5 Å². The Balaban J connectivity index is 2.04. The van der Waals surface area contributed by atoms with E-state index in [0.29, 0.717) is 12.2 Å². The summed E-state index contributed by atoms with van der Waals surface area (Å²) in [5.41, 5.74) is 8.14. The van der Waals surface area contributed by atoms with Crippen molar-refractivity contribution in [2.24, 2.45) is 0 Å². The van der Waals surface area contributed by atoms with Gasteiger partial charge in [0.25, 0.3) is 5.91 Å². The minimum absolute atomic E-state index is 0.244. The predicted octanol–water partition coefficient (Wildman–Crippen LogP) is 0.625. The molecule has 0 bridgehead atoms. The number of pyridine rings is 1. The molecule has 6 nitrogen and oxygen atoms in total. The maximum absolute atomic E-state index is 11.8. The number of rotatable bonds is 3. The second-order valence-corrected chi connectivity index (χ2v) is 3.64. The average molecular weight is 231 g/mol. The van der Waals surface area contributed by atoms with Crippen LogP contribution in [-0.4, -0.2) is 21.1 Å². The molecule has 0 aromatic carbocycles. The zero-order valence-corrected chi connectivity index (χ0v) is 9.40. The largest absolute Gasteiger partial charge is 0.397 e. The molecule has 0 radical (unpaired) electrons. The molecule has 0 saturated heterocycles. The van der Waals surface area contributed by atoms with Crippen molar-refractivity contribution >= 4 is 11.6 Å². The minimum atomic E-state index is -0.288.